The molecule has 104 valence electrons. The molecule has 0 aliphatic heterocycles. The van der Waals surface area contributed by atoms with Gasteiger partial charge in [-0.1, -0.05) is 11.6 Å². The van der Waals surface area contributed by atoms with E-state index in [2.05, 4.69) is 5.32 Å². The maximum atomic E-state index is 11.6. The molecule has 0 aliphatic carbocycles. The van der Waals surface area contributed by atoms with Gasteiger partial charge in [0.05, 0.1) is 5.02 Å². The van der Waals surface area contributed by atoms with E-state index in [4.69, 9.17) is 21.4 Å². The molecule has 0 radical (unpaired) electrons. The molecule has 1 amide bonds. The summed E-state index contributed by atoms with van der Waals surface area (Å²) in [5.74, 6) is -1.78. The first-order chi connectivity index (χ1) is 8.61. The van der Waals surface area contributed by atoms with Crippen molar-refractivity contribution in [1.82, 2.24) is 0 Å². The van der Waals surface area contributed by atoms with Crippen molar-refractivity contribution in [1.29, 1.82) is 0 Å². The molecule has 0 aliphatic rings. The van der Waals surface area contributed by atoms with Crippen LogP contribution in [0, 0.1) is 0 Å². The van der Waals surface area contributed by atoms with Gasteiger partial charge in [0, 0.05) is 0 Å². The number of ether oxygens (including phenoxy) is 1. The summed E-state index contributed by atoms with van der Waals surface area (Å²) in [4.78, 5) is 22.7. The summed E-state index contributed by atoms with van der Waals surface area (Å²) in [5, 5.41) is 20.7. The van der Waals surface area contributed by atoms with E-state index in [1.807, 2.05) is 0 Å². The fourth-order valence-electron chi connectivity index (χ4n) is 1.31. The maximum Gasteiger partial charge on any atom is 0.412 e. The molecule has 0 unspecified atom stereocenters. The van der Waals surface area contributed by atoms with Crippen molar-refractivity contribution in [3.63, 3.8) is 0 Å². The Balaban J connectivity index is 3.10. The van der Waals surface area contributed by atoms with E-state index in [-0.39, 0.29) is 10.7 Å². The van der Waals surface area contributed by atoms with E-state index in [0.717, 1.165) is 0 Å². The Hall–Kier alpha value is -1.95. The SMILES string of the molecule is CC(C)(C)OC(=O)Nc1c(O)ccc(Cl)c1C(=O)O. The number of aromatic carboxylic acids is 1. The normalized spacial score (nSPS) is 10.9. The smallest absolute Gasteiger partial charge is 0.412 e. The van der Waals surface area contributed by atoms with Crippen molar-refractivity contribution in [3.8, 4) is 5.75 Å². The number of amides is 1. The highest BCUT2D eigenvalue weighted by Crippen LogP contribution is 2.33. The summed E-state index contributed by atoms with van der Waals surface area (Å²) in [6.07, 6.45) is -0.882. The molecule has 1 rings (SSSR count). The summed E-state index contributed by atoms with van der Waals surface area (Å²) >= 11 is 5.73. The lowest BCUT2D eigenvalue weighted by Crippen LogP contribution is -2.27. The largest absolute Gasteiger partial charge is 0.506 e. The first kappa shape index (κ1) is 15.1. The first-order valence-corrected chi connectivity index (χ1v) is 5.74. The number of hydrogen-bond donors (Lipinski definition) is 3. The van der Waals surface area contributed by atoms with Crippen molar-refractivity contribution in [2.45, 2.75) is 26.4 Å². The van der Waals surface area contributed by atoms with Gasteiger partial charge < -0.3 is 14.9 Å². The summed E-state index contributed by atoms with van der Waals surface area (Å²) in [6.45, 7) is 4.97. The lowest BCUT2D eigenvalue weighted by atomic mass is 10.1. The number of anilines is 1. The Bertz CT molecular complexity index is 522. The molecule has 0 saturated carbocycles. The number of aromatic hydroxyl groups is 1. The zero-order valence-electron chi connectivity index (χ0n) is 10.7. The van der Waals surface area contributed by atoms with E-state index in [1.165, 1.54) is 12.1 Å². The predicted octanol–water partition coefficient (Wildman–Crippen LogP) is 3.09. The summed E-state index contributed by atoms with van der Waals surface area (Å²) in [5.41, 5.74) is -1.44. The second-order valence-corrected chi connectivity index (χ2v) is 5.16. The molecule has 7 heteroatoms. The number of hydrogen-bond acceptors (Lipinski definition) is 4. The highest BCUT2D eigenvalue weighted by molar-refractivity contribution is 6.34. The van der Waals surface area contributed by atoms with Crippen LogP contribution >= 0.6 is 11.6 Å². The van der Waals surface area contributed by atoms with Gasteiger partial charge in [-0.3, -0.25) is 5.32 Å². The summed E-state index contributed by atoms with van der Waals surface area (Å²) < 4.78 is 4.97. The average molecular weight is 288 g/mol. The Kier molecular flexibility index (Phi) is 4.26. The van der Waals surface area contributed by atoms with Gasteiger partial charge >= 0.3 is 12.1 Å². The molecular weight excluding hydrogens is 274 g/mol. The monoisotopic (exact) mass is 287 g/mol. The quantitative estimate of drug-likeness (QED) is 0.726. The van der Waals surface area contributed by atoms with Crippen LogP contribution in [0.5, 0.6) is 5.75 Å². The molecule has 0 bridgehead atoms. The number of carbonyl (C=O) groups is 2. The number of nitrogens with one attached hydrogen (secondary N) is 1. The molecule has 0 atom stereocenters. The van der Waals surface area contributed by atoms with Gasteiger partial charge in [0.2, 0.25) is 0 Å². The van der Waals surface area contributed by atoms with Crippen LogP contribution in [0.3, 0.4) is 0 Å². The molecule has 6 nitrogen and oxygen atoms in total. The number of rotatable bonds is 2. The number of phenolic OH excluding ortho intramolecular Hbond substituents is 1. The first-order valence-electron chi connectivity index (χ1n) is 5.36. The van der Waals surface area contributed by atoms with E-state index in [9.17, 15) is 14.7 Å². The Morgan fingerprint density at radius 3 is 2.37 bits per heavy atom. The molecule has 19 heavy (non-hydrogen) atoms. The van der Waals surface area contributed by atoms with Crippen LogP contribution in [-0.2, 0) is 4.74 Å². The molecule has 0 fully saturated rings. The fraction of sp³-hybridized carbons (Fsp3) is 0.333. The highest BCUT2D eigenvalue weighted by atomic mass is 35.5. The van der Waals surface area contributed by atoms with Crippen LogP contribution in [0.2, 0.25) is 5.02 Å². The van der Waals surface area contributed by atoms with Gasteiger partial charge in [-0.15, -0.1) is 0 Å². The number of carboxylic acids is 1. The number of halogens is 1. The Morgan fingerprint density at radius 1 is 1.32 bits per heavy atom. The standard InChI is InChI=1S/C12H14ClNO5/c1-12(2,3)19-11(18)14-9-7(15)5-4-6(13)8(9)10(16)17/h4-5,15H,1-3H3,(H,14,18)(H,16,17). The van der Waals surface area contributed by atoms with Crippen molar-refractivity contribution in [3.05, 3.63) is 22.7 Å². The zero-order chi connectivity index (χ0) is 14.8. The molecule has 0 spiro atoms. The van der Waals surface area contributed by atoms with Crippen molar-refractivity contribution >= 4 is 29.4 Å². The van der Waals surface area contributed by atoms with E-state index < -0.39 is 29.0 Å². The third-order valence-corrected chi connectivity index (χ3v) is 2.29. The van der Waals surface area contributed by atoms with Gasteiger partial charge in [0.25, 0.3) is 0 Å². The van der Waals surface area contributed by atoms with Gasteiger partial charge in [0.15, 0.2) is 0 Å². The van der Waals surface area contributed by atoms with Crippen LogP contribution < -0.4 is 5.32 Å². The molecule has 0 saturated heterocycles. The molecule has 1 aromatic rings. The minimum absolute atomic E-state index is 0.101. The third-order valence-electron chi connectivity index (χ3n) is 1.97. The lowest BCUT2D eigenvalue weighted by Gasteiger charge is -2.20. The molecule has 1 aromatic carbocycles. The van der Waals surface area contributed by atoms with Crippen molar-refractivity contribution in [2.24, 2.45) is 0 Å². The zero-order valence-corrected chi connectivity index (χ0v) is 11.4. The van der Waals surface area contributed by atoms with Crippen molar-refractivity contribution in [2.75, 3.05) is 5.32 Å². The fourth-order valence-corrected chi connectivity index (χ4v) is 1.55. The van der Waals surface area contributed by atoms with Gasteiger partial charge in [-0.2, -0.15) is 0 Å². The molecule has 0 heterocycles. The number of benzene rings is 1. The Labute approximate surface area is 114 Å². The molecular formula is C12H14ClNO5. The molecule has 3 N–H and O–H groups in total. The van der Waals surface area contributed by atoms with Gasteiger partial charge in [-0.05, 0) is 32.9 Å². The third kappa shape index (κ3) is 4.03. The Morgan fingerprint density at radius 2 is 1.89 bits per heavy atom. The van der Waals surface area contributed by atoms with E-state index in [1.54, 1.807) is 20.8 Å². The summed E-state index contributed by atoms with van der Waals surface area (Å²) in [6, 6.07) is 2.40. The van der Waals surface area contributed by atoms with Crippen LogP contribution in [0.4, 0.5) is 10.5 Å². The van der Waals surface area contributed by atoms with Gasteiger partial charge in [0.1, 0.15) is 22.6 Å². The number of carboxylic acid groups (broad SMARTS) is 1. The van der Waals surface area contributed by atoms with E-state index >= 15 is 0 Å². The van der Waals surface area contributed by atoms with Gasteiger partial charge in [-0.25, -0.2) is 9.59 Å². The average Bonchev–Trinajstić information content (AvgIpc) is 2.20. The van der Waals surface area contributed by atoms with E-state index in [0.29, 0.717) is 0 Å². The second kappa shape index (κ2) is 5.36. The van der Waals surface area contributed by atoms with Crippen LogP contribution in [0.25, 0.3) is 0 Å². The molecule has 0 aromatic heterocycles. The van der Waals surface area contributed by atoms with Crippen LogP contribution in [0.15, 0.2) is 12.1 Å². The summed E-state index contributed by atoms with van der Waals surface area (Å²) in [7, 11) is 0. The highest BCUT2D eigenvalue weighted by Gasteiger charge is 2.23. The maximum absolute atomic E-state index is 11.6. The minimum Gasteiger partial charge on any atom is -0.506 e. The predicted molar refractivity (Wildman–Crippen MR) is 69.9 cm³/mol. The number of carbonyl (C=O) groups excluding carboxylic acids is 1. The topological polar surface area (TPSA) is 95.9 Å². The number of phenols is 1. The minimum atomic E-state index is -1.37. The van der Waals surface area contributed by atoms with Crippen molar-refractivity contribution < 1.29 is 24.5 Å². The second-order valence-electron chi connectivity index (χ2n) is 4.75. The lowest BCUT2D eigenvalue weighted by molar-refractivity contribution is 0.0635. The van der Waals surface area contributed by atoms with Crippen LogP contribution in [0.1, 0.15) is 31.1 Å². The van der Waals surface area contributed by atoms with Crippen LogP contribution in [-0.4, -0.2) is 27.9 Å².